The van der Waals surface area contributed by atoms with Crippen LogP contribution in [0.25, 0.3) is 11.1 Å². The maximum Gasteiger partial charge on any atom is 0.126 e. The molecule has 378 valence electrons. The molecule has 0 aliphatic carbocycles. The molecule has 0 radical (unpaired) electrons. The summed E-state index contributed by atoms with van der Waals surface area (Å²) >= 11 is 0. The van der Waals surface area contributed by atoms with Crippen molar-refractivity contribution in [3.05, 3.63) is 46.5 Å². The Kier molecular flexibility index (Phi) is 18.4. The lowest BCUT2D eigenvalue weighted by Crippen LogP contribution is -2.30. The maximum atomic E-state index is 7.31. The maximum absolute atomic E-state index is 7.31. The summed E-state index contributed by atoms with van der Waals surface area (Å²) < 4.78 is 26.3. The molecular formula is C62H106O4. The van der Waals surface area contributed by atoms with E-state index in [2.05, 4.69) is 177 Å². The minimum Gasteiger partial charge on any atom is -0.493 e. The zero-order valence-electron chi connectivity index (χ0n) is 47.6. The van der Waals surface area contributed by atoms with E-state index in [4.69, 9.17) is 18.9 Å². The van der Waals surface area contributed by atoms with Gasteiger partial charge in [0.05, 0.1) is 38.6 Å². The fraction of sp³-hybridized carbons (Fsp3) is 0.806. The number of hydrogen-bond donors (Lipinski definition) is 0. The topological polar surface area (TPSA) is 43.5 Å². The standard InChI is InChI=1S/C62H106O4/c1-23-27-43(51-37-65-51)29-25-31-63-53-47(59(15,16)39-55(3,4)5)33-45(34-48(53)60(17,18)40-56(6,7)8)46-35-49(61(19,20)41-57(9,10)11)54(50(36-46)62(21,22)42-58(12,13)14)64-32-26-30-44(28-24-2)52-38-66-52/h33-36,43-44,51-52H,23-32,37-42H2,1-22H3. The van der Waals surface area contributed by atoms with E-state index in [1.165, 1.54) is 59.1 Å². The highest BCUT2D eigenvalue weighted by molar-refractivity contribution is 5.73. The minimum absolute atomic E-state index is 0.130. The summed E-state index contributed by atoms with van der Waals surface area (Å²) in [6.07, 6.45) is 14.3. The first kappa shape index (κ1) is 56.5. The molecule has 2 aromatic rings. The molecule has 2 heterocycles. The van der Waals surface area contributed by atoms with E-state index >= 15 is 0 Å². The Labute approximate surface area is 409 Å². The molecule has 4 unspecified atom stereocenters. The van der Waals surface area contributed by atoms with E-state index < -0.39 is 0 Å². The SMILES string of the molecule is CCCC(CCCOc1c(C(C)(C)CC(C)(C)C)cc(-c2cc(C(C)(C)CC(C)(C)C)c(OCCCC(CCC)C3CO3)c(C(C)(C)CC(C)(C)C)c2)cc1C(C)(C)CC(C)(C)C)C1CO1. The molecule has 4 heteroatoms. The molecule has 4 atom stereocenters. The van der Waals surface area contributed by atoms with E-state index in [1.54, 1.807) is 0 Å². The predicted octanol–water partition coefficient (Wildman–Crippen LogP) is 18.2. The molecule has 4 nitrogen and oxygen atoms in total. The second-order valence-electron chi connectivity index (χ2n) is 29.1. The minimum atomic E-state index is -0.143. The zero-order valence-corrected chi connectivity index (χ0v) is 47.6. The van der Waals surface area contributed by atoms with Gasteiger partial charge in [-0.05, 0) is 155 Å². The van der Waals surface area contributed by atoms with Gasteiger partial charge in [0, 0.05) is 22.3 Å². The van der Waals surface area contributed by atoms with Crippen LogP contribution in [0.5, 0.6) is 11.5 Å². The van der Waals surface area contributed by atoms with Crippen molar-refractivity contribution >= 4 is 0 Å². The lowest BCUT2D eigenvalue weighted by molar-refractivity contribution is 0.234. The molecular weight excluding hydrogens is 809 g/mol. The van der Waals surface area contributed by atoms with Gasteiger partial charge < -0.3 is 18.9 Å². The number of epoxide rings is 2. The fourth-order valence-corrected chi connectivity index (χ4v) is 13.1. The molecule has 2 aliphatic heterocycles. The first-order valence-electron chi connectivity index (χ1n) is 27.0. The average molecular weight is 916 g/mol. The molecule has 0 N–H and O–H groups in total. The van der Waals surface area contributed by atoms with Crippen molar-refractivity contribution in [2.24, 2.45) is 33.5 Å². The van der Waals surface area contributed by atoms with Crippen LogP contribution in [0.15, 0.2) is 24.3 Å². The highest BCUT2D eigenvalue weighted by atomic mass is 16.6. The van der Waals surface area contributed by atoms with Crippen molar-refractivity contribution in [1.82, 2.24) is 0 Å². The summed E-state index contributed by atoms with van der Waals surface area (Å²) in [4.78, 5) is 0. The van der Waals surface area contributed by atoms with Crippen molar-refractivity contribution in [2.45, 2.75) is 263 Å². The summed E-state index contributed by atoms with van der Waals surface area (Å²) in [5, 5.41) is 0. The van der Waals surface area contributed by atoms with E-state index in [0.29, 0.717) is 24.0 Å². The van der Waals surface area contributed by atoms with Gasteiger partial charge in [0.25, 0.3) is 0 Å². The first-order valence-corrected chi connectivity index (χ1v) is 27.0. The smallest absolute Gasteiger partial charge is 0.126 e. The van der Waals surface area contributed by atoms with Gasteiger partial charge in [0.2, 0.25) is 0 Å². The van der Waals surface area contributed by atoms with Crippen molar-refractivity contribution in [3.8, 4) is 22.6 Å². The van der Waals surface area contributed by atoms with E-state index in [1.807, 2.05) is 0 Å². The molecule has 66 heavy (non-hydrogen) atoms. The quantitative estimate of drug-likeness (QED) is 0.0735. The molecule has 0 bridgehead atoms. The molecule has 2 saturated heterocycles. The van der Waals surface area contributed by atoms with Crippen molar-refractivity contribution in [1.29, 1.82) is 0 Å². The van der Waals surface area contributed by atoms with Gasteiger partial charge in [-0.3, -0.25) is 0 Å². The monoisotopic (exact) mass is 915 g/mol. The van der Waals surface area contributed by atoms with Crippen LogP contribution in [0, 0.1) is 33.5 Å². The van der Waals surface area contributed by atoms with Crippen molar-refractivity contribution < 1.29 is 18.9 Å². The normalized spacial score (nSPS) is 18.6. The Hall–Kier alpha value is -2.04. The van der Waals surface area contributed by atoms with Crippen LogP contribution in [0.4, 0.5) is 0 Å². The summed E-state index contributed by atoms with van der Waals surface area (Å²) in [6, 6.07) is 10.2. The third-order valence-electron chi connectivity index (χ3n) is 14.3. The second-order valence-corrected chi connectivity index (χ2v) is 29.1. The van der Waals surface area contributed by atoms with Crippen LogP contribution >= 0.6 is 0 Å². The summed E-state index contributed by atoms with van der Waals surface area (Å²) in [6.45, 7) is 56.4. The number of rotatable bonds is 25. The highest BCUT2D eigenvalue weighted by Crippen LogP contribution is 2.53. The number of hydrogen-bond acceptors (Lipinski definition) is 4. The Morgan fingerprint density at radius 1 is 0.424 bits per heavy atom. The van der Waals surface area contributed by atoms with E-state index in [-0.39, 0.29) is 43.3 Å². The highest BCUT2D eigenvalue weighted by Gasteiger charge is 2.40. The van der Waals surface area contributed by atoms with Crippen molar-refractivity contribution in [2.75, 3.05) is 26.4 Å². The number of benzene rings is 2. The Bertz CT molecular complexity index is 1610. The van der Waals surface area contributed by atoms with Crippen LogP contribution in [-0.2, 0) is 31.1 Å². The first-order chi connectivity index (χ1) is 30.1. The van der Waals surface area contributed by atoms with Crippen LogP contribution in [-0.4, -0.2) is 38.6 Å². The lowest BCUT2D eigenvalue weighted by atomic mass is 9.66. The third-order valence-corrected chi connectivity index (χ3v) is 14.3. The van der Waals surface area contributed by atoms with Gasteiger partial charge >= 0.3 is 0 Å². The molecule has 0 amide bonds. The molecule has 0 spiro atoms. The largest absolute Gasteiger partial charge is 0.493 e. The van der Waals surface area contributed by atoms with Gasteiger partial charge in [0.15, 0.2) is 0 Å². The van der Waals surface area contributed by atoms with Crippen LogP contribution in [0.3, 0.4) is 0 Å². The average Bonchev–Trinajstić information content (AvgIpc) is 4.05. The van der Waals surface area contributed by atoms with Crippen LogP contribution < -0.4 is 9.47 Å². The van der Waals surface area contributed by atoms with Gasteiger partial charge in [-0.1, -0.05) is 165 Å². The second kappa shape index (κ2) is 21.5. The molecule has 4 rings (SSSR count). The molecule has 2 aliphatic rings. The van der Waals surface area contributed by atoms with Gasteiger partial charge in [-0.2, -0.15) is 0 Å². The molecule has 0 saturated carbocycles. The summed E-state index contributed by atoms with van der Waals surface area (Å²) in [5.74, 6) is 3.50. The number of ether oxygens (including phenoxy) is 4. The van der Waals surface area contributed by atoms with Crippen LogP contribution in [0.2, 0.25) is 0 Å². The van der Waals surface area contributed by atoms with E-state index in [9.17, 15) is 0 Å². The lowest BCUT2D eigenvalue weighted by Gasteiger charge is -2.40. The van der Waals surface area contributed by atoms with Gasteiger partial charge in [0.1, 0.15) is 11.5 Å². The zero-order chi connectivity index (χ0) is 49.9. The predicted molar refractivity (Wildman–Crippen MR) is 286 cm³/mol. The molecule has 2 fully saturated rings. The molecule has 2 aromatic carbocycles. The Balaban J connectivity index is 2.04. The summed E-state index contributed by atoms with van der Waals surface area (Å²) in [7, 11) is 0. The van der Waals surface area contributed by atoms with Crippen LogP contribution in [0.1, 0.15) is 252 Å². The third kappa shape index (κ3) is 17.1. The summed E-state index contributed by atoms with van der Waals surface area (Å²) in [5.41, 5.74) is 7.91. The van der Waals surface area contributed by atoms with Crippen molar-refractivity contribution in [3.63, 3.8) is 0 Å². The Morgan fingerprint density at radius 3 is 0.864 bits per heavy atom. The van der Waals surface area contributed by atoms with Gasteiger partial charge in [-0.25, -0.2) is 0 Å². The fourth-order valence-electron chi connectivity index (χ4n) is 13.1. The molecule has 0 aromatic heterocycles. The Morgan fingerprint density at radius 2 is 0.667 bits per heavy atom. The van der Waals surface area contributed by atoms with Gasteiger partial charge in [-0.15, -0.1) is 0 Å². The van der Waals surface area contributed by atoms with E-state index in [0.717, 1.165) is 89.3 Å².